The van der Waals surface area contributed by atoms with Crippen LogP contribution in [0.2, 0.25) is 0 Å². The summed E-state index contributed by atoms with van der Waals surface area (Å²) in [6, 6.07) is 0. The molecule has 0 N–H and O–H groups in total. The van der Waals surface area contributed by atoms with Crippen molar-refractivity contribution in [3.05, 3.63) is 36.5 Å². The lowest BCUT2D eigenvalue weighted by molar-refractivity contribution is 0.484. The number of hydrogen-bond donors (Lipinski definition) is 0. The van der Waals surface area contributed by atoms with Crippen molar-refractivity contribution in [2.45, 2.75) is 19.3 Å². The van der Waals surface area contributed by atoms with E-state index >= 15 is 0 Å². The van der Waals surface area contributed by atoms with Gasteiger partial charge in [0.05, 0.1) is 0 Å². The van der Waals surface area contributed by atoms with Gasteiger partial charge in [0.15, 0.2) is 0 Å². The summed E-state index contributed by atoms with van der Waals surface area (Å²) in [5.41, 5.74) is 1.04. The van der Waals surface area contributed by atoms with Crippen molar-refractivity contribution in [2.24, 2.45) is 10.8 Å². The third-order valence-corrected chi connectivity index (χ3v) is 3.50. The summed E-state index contributed by atoms with van der Waals surface area (Å²) in [4.78, 5) is 0. The molecule has 0 aromatic rings. The average molecular weight is 144 g/mol. The van der Waals surface area contributed by atoms with Gasteiger partial charge in [0.1, 0.15) is 0 Å². The Morgan fingerprint density at radius 2 is 1.91 bits per heavy atom. The normalized spacial score (nSPS) is 50.2. The molecule has 1 saturated carbocycles. The standard InChI is InChI=1S/C11H12/c1-2-6-11-8-4-3-7-10(11,5-1)9-11/h1-3,5-7H,4,8-9H2. The molecule has 0 spiro atoms. The molecule has 0 saturated heterocycles. The Morgan fingerprint density at radius 3 is 2.82 bits per heavy atom. The summed E-state index contributed by atoms with van der Waals surface area (Å²) in [6.45, 7) is 0. The van der Waals surface area contributed by atoms with Gasteiger partial charge in [-0.15, -0.1) is 0 Å². The lowest BCUT2D eigenvalue weighted by Crippen LogP contribution is -2.12. The highest BCUT2D eigenvalue weighted by molar-refractivity contribution is 5.43. The molecule has 3 aliphatic carbocycles. The quantitative estimate of drug-likeness (QED) is 0.458. The second-order valence-electron chi connectivity index (χ2n) is 4.03. The highest BCUT2D eigenvalue weighted by Gasteiger charge is 2.63. The predicted molar refractivity (Wildman–Crippen MR) is 46.1 cm³/mol. The number of rotatable bonds is 0. The molecule has 0 aromatic heterocycles. The van der Waals surface area contributed by atoms with Crippen molar-refractivity contribution in [3.8, 4) is 0 Å². The third kappa shape index (κ3) is 0.526. The van der Waals surface area contributed by atoms with Crippen molar-refractivity contribution in [1.29, 1.82) is 0 Å². The fourth-order valence-electron chi connectivity index (χ4n) is 2.70. The maximum absolute atomic E-state index is 2.41. The Bertz CT molecular complexity index is 282. The van der Waals surface area contributed by atoms with Crippen molar-refractivity contribution in [2.75, 3.05) is 0 Å². The summed E-state index contributed by atoms with van der Waals surface area (Å²) in [5, 5.41) is 0. The molecule has 0 aromatic carbocycles. The highest BCUT2D eigenvalue weighted by Crippen LogP contribution is 2.71. The molecule has 3 aliphatic rings. The lowest BCUT2D eigenvalue weighted by atomic mass is 9.81. The molecule has 11 heavy (non-hydrogen) atoms. The van der Waals surface area contributed by atoms with Crippen molar-refractivity contribution < 1.29 is 0 Å². The van der Waals surface area contributed by atoms with Gasteiger partial charge in [-0.05, 0) is 19.3 Å². The first-order valence-corrected chi connectivity index (χ1v) is 4.42. The zero-order chi connectivity index (χ0) is 7.36. The first-order chi connectivity index (χ1) is 5.37. The maximum atomic E-state index is 2.41. The molecule has 0 nitrogen and oxygen atoms in total. The van der Waals surface area contributed by atoms with Gasteiger partial charge < -0.3 is 0 Å². The molecule has 0 heterocycles. The zero-order valence-electron chi connectivity index (χ0n) is 6.59. The van der Waals surface area contributed by atoms with E-state index in [-0.39, 0.29) is 0 Å². The van der Waals surface area contributed by atoms with Crippen LogP contribution in [0.5, 0.6) is 0 Å². The number of hydrogen-bond acceptors (Lipinski definition) is 0. The minimum Gasteiger partial charge on any atom is -0.0876 e. The first-order valence-electron chi connectivity index (χ1n) is 4.42. The highest BCUT2D eigenvalue weighted by atomic mass is 14.7. The van der Waals surface area contributed by atoms with Gasteiger partial charge in [0.2, 0.25) is 0 Å². The average Bonchev–Trinajstić information content (AvgIpc) is 2.72. The molecule has 0 radical (unpaired) electrons. The first kappa shape index (κ1) is 5.82. The molecule has 3 rings (SSSR count). The van der Waals surface area contributed by atoms with Gasteiger partial charge >= 0.3 is 0 Å². The topological polar surface area (TPSA) is 0 Å². The Kier molecular flexibility index (Phi) is 0.806. The fraction of sp³-hybridized carbons (Fsp3) is 0.455. The second-order valence-corrected chi connectivity index (χ2v) is 4.03. The monoisotopic (exact) mass is 144 g/mol. The summed E-state index contributed by atoms with van der Waals surface area (Å²) in [5.74, 6) is 0. The summed E-state index contributed by atoms with van der Waals surface area (Å²) in [7, 11) is 0. The second kappa shape index (κ2) is 1.52. The van der Waals surface area contributed by atoms with Gasteiger partial charge in [-0.2, -0.15) is 0 Å². The van der Waals surface area contributed by atoms with E-state index in [0.29, 0.717) is 10.8 Å². The fourth-order valence-corrected chi connectivity index (χ4v) is 2.70. The molecule has 0 heteroatoms. The van der Waals surface area contributed by atoms with E-state index in [9.17, 15) is 0 Å². The molecular formula is C11H12. The van der Waals surface area contributed by atoms with Crippen LogP contribution in [0, 0.1) is 10.8 Å². The van der Waals surface area contributed by atoms with E-state index in [1.165, 1.54) is 19.3 Å². The van der Waals surface area contributed by atoms with Crippen molar-refractivity contribution in [3.63, 3.8) is 0 Å². The molecule has 0 bridgehead atoms. The van der Waals surface area contributed by atoms with E-state index in [1.54, 1.807) is 0 Å². The molecule has 2 unspecified atom stereocenters. The zero-order valence-corrected chi connectivity index (χ0v) is 6.59. The van der Waals surface area contributed by atoms with Crippen LogP contribution in [-0.2, 0) is 0 Å². The van der Waals surface area contributed by atoms with E-state index in [4.69, 9.17) is 0 Å². The largest absolute Gasteiger partial charge is 0.0876 e. The minimum atomic E-state index is 0.472. The van der Waals surface area contributed by atoms with Crippen LogP contribution in [0.4, 0.5) is 0 Å². The van der Waals surface area contributed by atoms with Crippen LogP contribution in [0.3, 0.4) is 0 Å². The van der Waals surface area contributed by atoms with Crippen molar-refractivity contribution in [1.82, 2.24) is 0 Å². The van der Waals surface area contributed by atoms with Crippen LogP contribution in [0.1, 0.15) is 19.3 Å². The summed E-state index contributed by atoms with van der Waals surface area (Å²) in [6.07, 6.45) is 18.0. The van der Waals surface area contributed by atoms with Crippen LogP contribution >= 0.6 is 0 Å². The molecule has 56 valence electrons. The summed E-state index contributed by atoms with van der Waals surface area (Å²) < 4.78 is 0. The third-order valence-electron chi connectivity index (χ3n) is 3.50. The van der Waals surface area contributed by atoms with E-state index in [2.05, 4.69) is 36.5 Å². The van der Waals surface area contributed by atoms with Gasteiger partial charge in [-0.1, -0.05) is 36.5 Å². The van der Waals surface area contributed by atoms with E-state index in [0.717, 1.165) is 0 Å². The Labute approximate surface area is 67.3 Å². The molecule has 2 atom stereocenters. The Hall–Kier alpha value is -0.780. The van der Waals surface area contributed by atoms with Gasteiger partial charge in [0, 0.05) is 10.8 Å². The maximum Gasteiger partial charge on any atom is 0.0164 e. The van der Waals surface area contributed by atoms with Gasteiger partial charge in [0.25, 0.3) is 0 Å². The van der Waals surface area contributed by atoms with Crippen LogP contribution in [-0.4, -0.2) is 0 Å². The molecule has 0 amide bonds. The SMILES string of the molecule is C1=CC23C=CCCC2(C=C1)C3. The summed E-state index contributed by atoms with van der Waals surface area (Å²) >= 11 is 0. The van der Waals surface area contributed by atoms with Crippen LogP contribution < -0.4 is 0 Å². The Morgan fingerprint density at radius 1 is 1.00 bits per heavy atom. The Balaban J connectivity index is 2.14. The van der Waals surface area contributed by atoms with Crippen LogP contribution in [0.15, 0.2) is 36.5 Å². The van der Waals surface area contributed by atoms with E-state index in [1.807, 2.05) is 0 Å². The van der Waals surface area contributed by atoms with E-state index < -0.39 is 0 Å². The predicted octanol–water partition coefficient (Wildman–Crippen LogP) is 2.84. The van der Waals surface area contributed by atoms with Gasteiger partial charge in [-0.3, -0.25) is 0 Å². The number of allylic oxidation sites excluding steroid dienone is 6. The van der Waals surface area contributed by atoms with Crippen molar-refractivity contribution >= 4 is 0 Å². The van der Waals surface area contributed by atoms with Crippen LogP contribution in [0.25, 0.3) is 0 Å². The smallest absolute Gasteiger partial charge is 0.0164 e. The molecule has 0 aliphatic heterocycles. The lowest BCUT2D eigenvalue weighted by Gasteiger charge is -2.23. The molecule has 1 fully saturated rings. The van der Waals surface area contributed by atoms with Gasteiger partial charge in [-0.25, -0.2) is 0 Å². The molecular weight excluding hydrogens is 132 g/mol. The minimum absolute atomic E-state index is 0.472.